The quantitative estimate of drug-likeness (QED) is 0.0651. The van der Waals surface area contributed by atoms with Gasteiger partial charge in [0.2, 0.25) is 0 Å². The zero-order valence-electron chi connectivity index (χ0n) is 32.0. The van der Waals surface area contributed by atoms with Crippen LogP contribution in [-0.4, -0.2) is 28.2 Å². The second kappa shape index (κ2) is 35.9. The smallest absolute Gasteiger partial charge is 0.167 e. The molecule has 0 amide bonds. The van der Waals surface area contributed by atoms with E-state index in [1.54, 1.807) is 0 Å². The number of aliphatic hydroxyl groups excluding tert-OH is 1. The minimum atomic E-state index is -1.63. The van der Waals surface area contributed by atoms with Crippen LogP contribution in [0.4, 0.5) is 0 Å². The van der Waals surface area contributed by atoms with E-state index >= 15 is 0 Å². The number of carbonyl (C=O) groups excluding carboxylic acids is 1. The number of ketones is 1. The van der Waals surface area contributed by atoms with Crippen LogP contribution in [0.2, 0.25) is 0 Å². The first-order valence-corrected chi connectivity index (χ1v) is 21.3. The molecule has 0 unspecified atom stereocenters. The minimum Gasteiger partial charge on any atom is -0.393 e. The lowest BCUT2D eigenvalue weighted by Crippen LogP contribution is -2.48. The van der Waals surface area contributed by atoms with E-state index in [4.69, 9.17) is 0 Å². The number of unbranched alkanes of at least 4 members (excludes halogenated alkanes) is 30. The number of carbonyl (C=O) groups is 1. The second-order valence-corrected chi connectivity index (χ2v) is 14.9. The van der Waals surface area contributed by atoms with Gasteiger partial charge in [-0.25, -0.2) is 0 Å². The van der Waals surface area contributed by atoms with Crippen molar-refractivity contribution >= 4 is 5.78 Å². The number of aliphatic hydroxyl groups is 2. The summed E-state index contributed by atoms with van der Waals surface area (Å²) in [6.45, 7) is 6.37. The zero-order chi connectivity index (χ0) is 33.8. The molecule has 0 aliphatic heterocycles. The van der Waals surface area contributed by atoms with Gasteiger partial charge >= 0.3 is 0 Å². The molecule has 0 fully saturated rings. The van der Waals surface area contributed by atoms with Gasteiger partial charge in [0.15, 0.2) is 11.4 Å². The van der Waals surface area contributed by atoms with E-state index in [-0.39, 0.29) is 5.78 Å². The fourth-order valence-electron chi connectivity index (χ4n) is 7.10. The molecule has 0 aliphatic carbocycles. The molecule has 3 nitrogen and oxygen atoms in total. The summed E-state index contributed by atoms with van der Waals surface area (Å²) in [4.78, 5) is 13.4. The topological polar surface area (TPSA) is 57.5 Å². The molecule has 0 aromatic carbocycles. The van der Waals surface area contributed by atoms with E-state index in [9.17, 15) is 15.0 Å². The van der Waals surface area contributed by atoms with Crippen molar-refractivity contribution in [1.29, 1.82) is 0 Å². The van der Waals surface area contributed by atoms with E-state index in [0.29, 0.717) is 6.42 Å². The molecule has 0 spiro atoms. The molecule has 0 aromatic rings. The van der Waals surface area contributed by atoms with E-state index < -0.39 is 12.2 Å². The van der Waals surface area contributed by atoms with Crippen molar-refractivity contribution in [3.63, 3.8) is 0 Å². The Balaban J connectivity index is 4.48. The van der Waals surface area contributed by atoms with Crippen molar-refractivity contribution < 1.29 is 15.0 Å². The largest absolute Gasteiger partial charge is 0.393 e. The number of rotatable bonds is 39. The van der Waals surface area contributed by atoms with Crippen LogP contribution in [0.25, 0.3) is 0 Å². The highest BCUT2D eigenvalue weighted by Gasteiger charge is 2.42. The molecule has 1 radical (unpaired) electrons. The monoisotopic (exact) mass is 650 g/mol. The molecule has 2 N–H and O–H groups in total. The number of hydrogen-bond donors (Lipinski definition) is 2. The van der Waals surface area contributed by atoms with Crippen molar-refractivity contribution in [2.75, 3.05) is 6.61 Å². The Morgan fingerprint density at radius 3 is 0.826 bits per heavy atom. The lowest BCUT2D eigenvalue weighted by molar-refractivity contribution is -0.140. The Kier molecular flexibility index (Phi) is 35.6. The van der Waals surface area contributed by atoms with Gasteiger partial charge in [0.05, 0.1) is 6.61 Å². The Bertz CT molecular complexity index is 581. The summed E-state index contributed by atoms with van der Waals surface area (Å²) in [5, 5.41) is 22.0. The average molecular weight is 650 g/mol. The first-order chi connectivity index (χ1) is 22.6. The van der Waals surface area contributed by atoms with Crippen molar-refractivity contribution in [3.8, 4) is 0 Å². The Morgan fingerprint density at radius 1 is 0.370 bits per heavy atom. The van der Waals surface area contributed by atoms with E-state index in [1.807, 2.05) is 0 Å². The van der Waals surface area contributed by atoms with Crippen molar-refractivity contribution in [2.45, 2.75) is 258 Å². The first-order valence-electron chi connectivity index (χ1n) is 21.3. The minimum absolute atomic E-state index is 0.132. The van der Waals surface area contributed by atoms with Crippen LogP contribution < -0.4 is 0 Å². The summed E-state index contributed by atoms with van der Waals surface area (Å²) < 4.78 is 0. The van der Waals surface area contributed by atoms with Gasteiger partial charge < -0.3 is 10.2 Å². The lowest BCUT2D eigenvalue weighted by Gasteiger charge is -2.33. The van der Waals surface area contributed by atoms with Crippen LogP contribution in [0, 0.1) is 5.92 Å². The van der Waals surface area contributed by atoms with Crippen molar-refractivity contribution in [1.82, 2.24) is 0 Å². The molecule has 0 rings (SSSR count). The summed E-state index contributed by atoms with van der Waals surface area (Å²) >= 11 is 0. The van der Waals surface area contributed by atoms with Gasteiger partial charge in [-0.2, -0.15) is 0 Å². The molecule has 0 aromatic heterocycles. The van der Waals surface area contributed by atoms with Gasteiger partial charge in [-0.1, -0.05) is 226 Å². The highest BCUT2D eigenvalue weighted by atomic mass is 16.3. The molecule has 1 atom stereocenters. The van der Waals surface area contributed by atoms with Crippen molar-refractivity contribution in [2.24, 2.45) is 0 Å². The van der Waals surface area contributed by atoms with Crippen LogP contribution in [0.1, 0.15) is 252 Å². The summed E-state index contributed by atoms with van der Waals surface area (Å²) in [6, 6.07) is 0. The molecule has 3 heteroatoms. The predicted molar refractivity (Wildman–Crippen MR) is 204 cm³/mol. The normalized spacial score (nSPS) is 13.1. The average Bonchev–Trinajstić information content (AvgIpc) is 3.07. The summed E-state index contributed by atoms with van der Waals surface area (Å²) in [7, 11) is 0. The molecule has 46 heavy (non-hydrogen) atoms. The van der Waals surface area contributed by atoms with E-state index in [2.05, 4.69) is 20.8 Å². The zero-order valence-corrected chi connectivity index (χ0v) is 32.0. The molecule has 275 valence electrons. The van der Waals surface area contributed by atoms with Gasteiger partial charge in [-0.15, -0.1) is 0 Å². The molecule has 0 aliphatic rings. The maximum absolute atomic E-state index is 13.4. The standard InChI is InChI=1S/C43H85O3/c1-4-7-10-13-16-19-22-23-24-27-30-33-36-39-42(45)43(46,40-44)41(37-34-31-28-25-20-17-14-11-8-5-2)38-35-32-29-26-21-18-15-12-9-6-3/h44,46H,4-40H2,1-3H3/t43-/m1/s1. The molecular weight excluding hydrogens is 564 g/mol. The fourth-order valence-corrected chi connectivity index (χ4v) is 7.10. The third kappa shape index (κ3) is 27.5. The van der Waals surface area contributed by atoms with Crippen LogP contribution in [-0.2, 0) is 4.79 Å². The molecule has 0 saturated carbocycles. The summed E-state index contributed by atoms with van der Waals surface area (Å²) in [5.74, 6) is 0.793. The third-order valence-electron chi connectivity index (χ3n) is 10.4. The number of Topliss-reactive ketones (excluding diaryl/α,β-unsaturated/α-hetero) is 1. The molecule has 0 heterocycles. The predicted octanol–water partition coefficient (Wildman–Crippen LogP) is 14.0. The SMILES string of the molecule is CCCCCCCCCCCCCCCC(=O)[C@@](O)(CO)[C](CCCCCCCCCCCC)CCCCCCCCCCCC. The third-order valence-corrected chi connectivity index (χ3v) is 10.4. The second-order valence-electron chi connectivity index (χ2n) is 14.9. The van der Waals surface area contributed by atoms with Crippen LogP contribution >= 0.6 is 0 Å². The Labute approximate surface area is 290 Å². The Hall–Kier alpha value is -0.410. The van der Waals surface area contributed by atoms with Crippen molar-refractivity contribution in [3.05, 3.63) is 5.92 Å². The van der Waals surface area contributed by atoms with Crippen LogP contribution in [0.3, 0.4) is 0 Å². The van der Waals surface area contributed by atoms with E-state index in [0.717, 1.165) is 57.3 Å². The maximum atomic E-state index is 13.4. The van der Waals surface area contributed by atoms with Gasteiger partial charge in [-0.3, -0.25) is 4.79 Å². The van der Waals surface area contributed by atoms with Gasteiger partial charge in [0, 0.05) is 12.3 Å². The van der Waals surface area contributed by atoms with Crippen LogP contribution in [0.5, 0.6) is 0 Å². The van der Waals surface area contributed by atoms with E-state index in [1.165, 1.54) is 173 Å². The summed E-state index contributed by atoms with van der Waals surface area (Å²) in [6.07, 6.45) is 44.2. The molecular formula is C43H85O3. The number of hydrogen-bond acceptors (Lipinski definition) is 3. The molecule has 0 bridgehead atoms. The Morgan fingerprint density at radius 2 is 0.587 bits per heavy atom. The summed E-state index contributed by atoms with van der Waals surface area (Å²) in [5.41, 5.74) is -1.63. The van der Waals surface area contributed by atoms with Gasteiger partial charge in [0.25, 0.3) is 0 Å². The molecule has 0 saturated heterocycles. The van der Waals surface area contributed by atoms with Crippen LogP contribution in [0.15, 0.2) is 0 Å². The highest BCUT2D eigenvalue weighted by Crippen LogP contribution is 2.33. The van der Waals surface area contributed by atoms with Gasteiger partial charge in [-0.05, 0) is 19.3 Å². The highest BCUT2D eigenvalue weighted by molar-refractivity contribution is 5.89. The van der Waals surface area contributed by atoms with Gasteiger partial charge in [0.1, 0.15) is 0 Å². The fraction of sp³-hybridized carbons (Fsp3) is 0.953. The maximum Gasteiger partial charge on any atom is 0.167 e. The lowest BCUT2D eigenvalue weighted by atomic mass is 9.76. The first kappa shape index (κ1) is 45.6.